The van der Waals surface area contributed by atoms with Gasteiger partial charge in [0.05, 0.1) is 16.2 Å². The Labute approximate surface area is 152 Å². The lowest BCUT2D eigenvalue weighted by molar-refractivity contribution is -0.384. The summed E-state index contributed by atoms with van der Waals surface area (Å²) in [6.07, 6.45) is -4.45. The van der Waals surface area contributed by atoms with Crippen molar-refractivity contribution in [2.45, 2.75) is 25.4 Å². The van der Waals surface area contributed by atoms with Crippen LogP contribution in [0.25, 0.3) is 0 Å². The Bertz CT molecular complexity index is 923. The van der Waals surface area contributed by atoms with Crippen LogP contribution in [0, 0.1) is 10.1 Å². The van der Waals surface area contributed by atoms with Crippen molar-refractivity contribution >= 4 is 23.0 Å². The fourth-order valence-corrected chi connectivity index (χ4v) is 2.90. The molecule has 2 aromatic rings. The molecular weight excluding hydrogens is 363 g/mol. The Morgan fingerprint density at radius 3 is 2.44 bits per heavy atom. The predicted molar refractivity (Wildman–Crippen MR) is 92.5 cm³/mol. The van der Waals surface area contributed by atoms with Crippen LogP contribution < -0.4 is 5.01 Å². The Hall–Kier alpha value is -3.23. The Balaban J connectivity index is 1.89. The average molecular weight is 377 g/mol. The maximum Gasteiger partial charge on any atom is 0.416 e. The van der Waals surface area contributed by atoms with Crippen LogP contribution in [0.3, 0.4) is 0 Å². The molecule has 0 spiro atoms. The van der Waals surface area contributed by atoms with Crippen LogP contribution in [0.1, 0.15) is 30.4 Å². The highest BCUT2D eigenvalue weighted by Gasteiger charge is 2.32. The SMILES string of the molecule is CC1=NN(c2ccc(C(F)(F)F)cc2)C(=O)CC1c1cccc([N+](=O)[O-])c1. The molecule has 1 amide bonds. The van der Waals surface area contributed by atoms with Crippen molar-refractivity contribution in [2.75, 3.05) is 5.01 Å². The van der Waals surface area contributed by atoms with E-state index >= 15 is 0 Å². The summed E-state index contributed by atoms with van der Waals surface area (Å²) >= 11 is 0. The number of nitro groups is 1. The average Bonchev–Trinajstić information content (AvgIpc) is 2.63. The molecule has 0 aliphatic carbocycles. The van der Waals surface area contributed by atoms with Crippen molar-refractivity contribution in [2.24, 2.45) is 5.10 Å². The lowest BCUT2D eigenvalue weighted by Crippen LogP contribution is -2.35. The highest BCUT2D eigenvalue weighted by atomic mass is 19.4. The van der Waals surface area contributed by atoms with E-state index in [-0.39, 0.29) is 17.8 Å². The second-order valence-electron chi connectivity index (χ2n) is 6.10. The molecule has 3 rings (SSSR count). The summed E-state index contributed by atoms with van der Waals surface area (Å²) < 4.78 is 38.0. The summed E-state index contributed by atoms with van der Waals surface area (Å²) in [5, 5.41) is 16.2. The number of carbonyl (C=O) groups excluding carboxylic acids is 1. The first-order valence-corrected chi connectivity index (χ1v) is 7.96. The van der Waals surface area contributed by atoms with Crippen molar-refractivity contribution in [1.29, 1.82) is 0 Å². The number of halogens is 3. The van der Waals surface area contributed by atoms with Gasteiger partial charge < -0.3 is 0 Å². The van der Waals surface area contributed by atoms with Crippen LogP contribution in [-0.2, 0) is 11.0 Å². The van der Waals surface area contributed by atoms with Gasteiger partial charge in [-0.05, 0) is 36.8 Å². The van der Waals surface area contributed by atoms with Crippen LogP contribution in [0.4, 0.5) is 24.5 Å². The third kappa shape index (κ3) is 3.81. The van der Waals surface area contributed by atoms with Crippen LogP contribution >= 0.6 is 0 Å². The van der Waals surface area contributed by atoms with Gasteiger partial charge in [-0.3, -0.25) is 14.9 Å². The van der Waals surface area contributed by atoms with E-state index in [1.807, 2.05) is 0 Å². The van der Waals surface area contributed by atoms with E-state index in [1.54, 1.807) is 13.0 Å². The molecule has 0 N–H and O–H groups in total. The minimum atomic E-state index is -4.46. The van der Waals surface area contributed by atoms with Crippen molar-refractivity contribution in [1.82, 2.24) is 0 Å². The van der Waals surface area contributed by atoms with Crippen molar-refractivity contribution in [3.63, 3.8) is 0 Å². The summed E-state index contributed by atoms with van der Waals surface area (Å²) in [7, 11) is 0. The molecule has 1 aliphatic rings. The minimum Gasteiger partial charge on any atom is -0.273 e. The normalized spacial score (nSPS) is 17.6. The van der Waals surface area contributed by atoms with Gasteiger partial charge in [0.2, 0.25) is 5.91 Å². The molecular formula is C18H14F3N3O3. The summed E-state index contributed by atoms with van der Waals surface area (Å²) in [6, 6.07) is 10.1. The van der Waals surface area contributed by atoms with Gasteiger partial charge in [0.15, 0.2) is 0 Å². The molecule has 0 bridgehead atoms. The van der Waals surface area contributed by atoms with Crippen molar-refractivity contribution < 1.29 is 22.9 Å². The smallest absolute Gasteiger partial charge is 0.273 e. The summed E-state index contributed by atoms with van der Waals surface area (Å²) in [6.45, 7) is 1.67. The van der Waals surface area contributed by atoms with Crippen LogP contribution in [-0.4, -0.2) is 16.5 Å². The molecule has 140 valence electrons. The van der Waals surface area contributed by atoms with Gasteiger partial charge in [-0.2, -0.15) is 18.3 Å². The number of hydrazone groups is 1. The van der Waals surface area contributed by atoms with Gasteiger partial charge in [-0.15, -0.1) is 0 Å². The van der Waals surface area contributed by atoms with Gasteiger partial charge in [0, 0.05) is 30.2 Å². The highest BCUT2D eigenvalue weighted by molar-refractivity contribution is 6.04. The maximum absolute atomic E-state index is 12.7. The summed E-state index contributed by atoms with van der Waals surface area (Å²) in [5.41, 5.74) is 0.453. The van der Waals surface area contributed by atoms with Gasteiger partial charge in [0.25, 0.3) is 5.69 Å². The molecule has 1 aliphatic heterocycles. The Morgan fingerprint density at radius 2 is 1.85 bits per heavy atom. The molecule has 1 atom stereocenters. The zero-order valence-corrected chi connectivity index (χ0v) is 14.1. The molecule has 0 saturated heterocycles. The zero-order valence-electron chi connectivity index (χ0n) is 14.1. The van der Waals surface area contributed by atoms with E-state index in [0.717, 1.165) is 17.1 Å². The highest BCUT2D eigenvalue weighted by Crippen LogP contribution is 2.33. The molecule has 0 fully saturated rings. The number of rotatable bonds is 3. The van der Waals surface area contributed by atoms with E-state index in [1.165, 1.54) is 30.3 Å². The topological polar surface area (TPSA) is 75.8 Å². The Kier molecular flexibility index (Phi) is 4.69. The van der Waals surface area contributed by atoms with Gasteiger partial charge >= 0.3 is 6.18 Å². The van der Waals surface area contributed by atoms with Crippen LogP contribution in [0.5, 0.6) is 0 Å². The zero-order chi connectivity index (χ0) is 19.8. The standard InChI is InChI=1S/C18H14F3N3O3/c1-11-16(12-3-2-4-15(9-12)24(26)27)10-17(25)23(22-11)14-7-5-13(6-8-14)18(19,20)21/h2-9,16H,10H2,1H3. The molecule has 2 aromatic carbocycles. The number of anilines is 1. The van der Waals surface area contributed by atoms with E-state index in [0.29, 0.717) is 11.3 Å². The number of non-ortho nitro benzene ring substituents is 1. The molecule has 0 saturated carbocycles. The minimum absolute atomic E-state index is 0.0114. The fraction of sp³-hybridized carbons (Fsp3) is 0.222. The molecule has 1 unspecified atom stereocenters. The second-order valence-corrected chi connectivity index (χ2v) is 6.10. The van der Waals surface area contributed by atoms with Crippen LogP contribution in [0.2, 0.25) is 0 Å². The van der Waals surface area contributed by atoms with Gasteiger partial charge in [0.1, 0.15) is 0 Å². The molecule has 0 aromatic heterocycles. The second kappa shape index (κ2) is 6.82. The van der Waals surface area contributed by atoms with E-state index in [4.69, 9.17) is 0 Å². The maximum atomic E-state index is 12.7. The monoisotopic (exact) mass is 377 g/mol. The van der Waals surface area contributed by atoms with Gasteiger partial charge in [-0.1, -0.05) is 12.1 Å². The number of hydrogen-bond donors (Lipinski definition) is 0. The quantitative estimate of drug-likeness (QED) is 0.583. The first kappa shape index (κ1) is 18.6. The first-order chi connectivity index (χ1) is 12.7. The number of hydrogen-bond acceptors (Lipinski definition) is 4. The third-order valence-corrected chi connectivity index (χ3v) is 4.30. The largest absolute Gasteiger partial charge is 0.416 e. The molecule has 1 heterocycles. The summed E-state index contributed by atoms with van der Waals surface area (Å²) in [5.74, 6) is -0.833. The fourth-order valence-electron chi connectivity index (χ4n) is 2.90. The lowest BCUT2D eigenvalue weighted by Gasteiger charge is -2.28. The number of alkyl halides is 3. The molecule has 0 radical (unpaired) electrons. The Morgan fingerprint density at radius 1 is 1.19 bits per heavy atom. The van der Waals surface area contributed by atoms with Crippen molar-refractivity contribution in [3.8, 4) is 0 Å². The number of amides is 1. The number of carbonyl (C=O) groups is 1. The van der Waals surface area contributed by atoms with E-state index < -0.39 is 28.5 Å². The van der Waals surface area contributed by atoms with Crippen LogP contribution in [0.15, 0.2) is 53.6 Å². The van der Waals surface area contributed by atoms with Gasteiger partial charge in [-0.25, -0.2) is 5.01 Å². The first-order valence-electron chi connectivity index (χ1n) is 7.96. The number of nitrogens with zero attached hydrogens (tertiary/aromatic N) is 3. The predicted octanol–water partition coefficient (Wildman–Crippen LogP) is 4.51. The van der Waals surface area contributed by atoms with Crippen molar-refractivity contribution in [3.05, 3.63) is 69.8 Å². The lowest BCUT2D eigenvalue weighted by atomic mass is 9.90. The van der Waals surface area contributed by atoms with E-state index in [2.05, 4.69) is 5.10 Å². The molecule has 9 heteroatoms. The number of nitro benzene ring substituents is 1. The third-order valence-electron chi connectivity index (χ3n) is 4.30. The van der Waals surface area contributed by atoms with E-state index in [9.17, 15) is 28.1 Å². The molecule has 6 nitrogen and oxygen atoms in total. The number of benzene rings is 2. The molecule has 27 heavy (non-hydrogen) atoms. The summed E-state index contributed by atoms with van der Waals surface area (Å²) in [4.78, 5) is 22.9.